The number of para-hydroxylation sites is 1. The molecule has 186 valence electrons. The maximum atomic E-state index is 15.4. The van der Waals surface area contributed by atoms with Crippen molar-refractivity contribution in [3.63, 3.8) is 0 Å². The number of aromatic nitrogens is 2. The largest absolute Gasteiger partial charge is 0.481 e. The van der Waals surface area contributed by atoms with Crippen LogP contribution in [0.3, 0.4) is 0 Å². The summed E-state index contributed by atoms with van der Waals surface area (Å²) in [4.78, 5) is 22.8. The average molecular weight is 496 g/mol. The lowest BCUT2D eigenvalue weighted by atomic mass is 9.86. The van der Waals surface area contributed by atoms with Crippen LogP contribution in [0, 0.1) is 0 Å². The zero-order valence-electron chi connectivity index (χ0n) is 20.0. The van der Waals surface area contributed by atoms with E-state index in [0.717, 1.165) is 54.3 Å². The second-order valence-electron chi connectivity index (χ2n) is 9.95. The van der Waals surface area contributed by atoms with Crippen molar-refractivity contribution in [1.29, 1.82) is 0 Å². The van der Waals surface area contributed by atoms with Gasteiger partial charge in [0.1, 0.15) is 5.67 Å². The van der Waals surface area contributed by atoms with Gasteiger partial charge in [-0.05, 0) is 80.7 Å². The summed E-state index contributed by atoms with van der Waals surface area (Å²) in [5.41, 5.74) is 4.23. The second kappa shape index (κ2) is 11.0. The fraction of sp³-hybridized carbons (Fsp3) is 0.464. The van der Waals surface area contributed by atoms with Crippen molar-refractivity contribution in [2.45, 2.75) is 69.5 Å². The molecule has 7 heteroatoms. The Labute approximate surface area is 213 Å². The van der Waals surface area contributed by atoms with Crippen molar-refractivity contribution >= 4 is 30.4 Å². The van der Waals surface area contributed by atoms with Crippen LogP contribution in [-0.4, -0.2) is 44.7 Å². The van der Waals surface area contributed by atoms with Gasteiger partial charge in [0.05, 0.1) is 11.9 Å². The number of rotatable bonds is 9. The number of pyridine rings is 2. The van der Waals surface area contributed by atoms with Crippen molar-refractivity contribution < 1.29 is 14.3 Å². The molecule has 1 aliphatic heterocycles. The summed E-state index contributed by atoms with van der Waals surface area (Å²) in [5.74, 6) is -0.882. The number of benzene rings is 1. The van der Waals surface area contributed by atoms with Gasteiger partial charge in [0.2, 0.25) is 0 Å². The molecule has 2 aliphatic rings. The molecule has 0 saturated carbocycles. The number of alkyl halides is 1. The highest BCUT2D eigenvalue weighted by Crippen LogP contribution is 2.39. The smallest absolute Gasteiger partial charge is 0.305 e. The summed E-state index contributed by atoms with van der Waals surface area (Å²) in [6, 6.07) is 13.8. The van der Waals surface area contributed by atoms with E-state index in [0.29, 0.717) is 6.42 Å². The van der Waals surface area contributed by atoms with E-state index >= 15 is 4.39 Å². The normalized spacial score (nSPS) is 17.7. The van der Waals surface area contributed by atoms with Gasteiger partial charge in [0, 0.05) is 42.1 Å². The van der Waals surface area contributed by atoms with Crippen LogP contribution in [0.2, 0.25) is 0 Å². The fourth-order valence-corrected chi connectivity index (χ4v) is 5.47. The molecule has 35 heavy (non-hydrogen) atoms. The first-order chi connectivity index (χ1) is 16.5. The number of likely N-dealkylation sites (tertiary alicyclic amines) is 1. The molecule has 1 fully saturated rings. The van der Waals surface area contributed by atoms with Crippen molar-refractivity contribution in [2.24, 2.45) is 0 Å². The monoisotopic (exact) mass is 495 g/mol. The maximum Gasteiger partial charge on any atom is 0.305 e. The Morgan fingerprint density at radius 2 is 1.91 bits per heavy atom. The van der Waals surface area contributed by atoms with Gasteiger partial charge < -0.3 is 5.11 Å². The van der Waals surface area contributed by atoms with Crippen LogP contribution in [0.4, 0.5) is 4.39 Å². The number of halogens is 1. The quantitative estimate of drug-likeness (QED) is 0.393. The summed E-state index contributed by atoms with van der Waals surface area (Å²) < 4.78 is 15.4. The Kier molecular flexibility index (Phi) is 8.07. The summed E-state index contributed by atoms with van der Waals surface area (Å²) in [5, 5.41) is 10.4. The molecule has 5 nitrogen and oxygen atoms in total. The minimum Gasteiger partial charge on any atom is -0.481 e. The lowest BCUT2D eigenvalue weighted by molar-refractivity contribution is -0.141. The molecule has 2 aromatic heterocycles. The van der Waals surface area contributed by atoms with Gasteiger partial charge in [0.25, 0.3) is 0 Å². The Balaban J connectivity index is 0.00000289. The first kappa shape index (κ1) is 25.6. The maximum absolute atomic E-state index is 15.4. The Bertz CT molecular complexity index is 1180. The van der Waals surface area contributed by atoms with Crippen LogP contribution in [0.15, 0.2) is 48.7 Å². The second-order valence-corrected chi connectivity index (χ2v) is 9.95. The number of aryl methyl sites for hydroxylation is 3. The van der Waals surface area contributed by atoms with Crippen LogP contribution in [-0.2, 0) is 24.1 Å². The molecule has 0 spiro atoms. The van der Waals surface area contributed by atoms with Crippen LogP contribution >= 0.6 is 13.5 Å². The fourth-order valence-electron chi connectivity index (χ4n) is 5.47. The summed E-state index contributed by atoms with van der Waals surface area (Å²) in [6.07, 6.45) is 9.51. The van der Waals surface area contributed by atoms with E-state index in [1.54, 1.807) is 6.20 Å². The number of carboxylic acids is 1. The van der Waals surface area contributed by atoms with Gasteiger partial charge in [-0.15, -0.1) is 0 Å². The predicted molar refractivity (Wildman–Crippen MR) is 141 cm³/mol. The molecule has 3 aromatic rings. The molecular weight excluding hydrogens is 461 g/mol. The van der Waals surface area contributed by atoms with Gasteiger partial charge in [0.15, 0.2) is 0 Å². The van der Waals surface area contributed by atoms with Gasteiger partial charge >= 0.3 is 5.97 Å². The highest BCUT2D eigenvalue weighted by atomic mass is 32.1. The molecule has 0 bridgehead atoms. The predicted octanol–water partition coefficient (Wildman–Crippen LogP) is 5.57. The number of fused-ring (bicyclic) bond motifs is 2. The molecule has 1 aliphatic carbocycles. The molecular formula is C28H34FN3O2S. The topological polar surface area (TPSA) is 66.3 Å². The van der Waals surface area contributed by atoms with Gasteiger partial charge in [-0.25, -0.2) is 4.39 Å². The van der Waals surface area contributed by atoms with E-state index in [1.165, 1.54) is 24.1 Å². The van der Waals surface area contributed by atoms with Gasteiger partial charge in [-0.3, -0.25) is 19.7 Å². The first-order valence-electron chi connectivity index (χ1n) is 12.5. The van der Waals surface area contributed by atoms with Gasteiger partial charge in [-0.2, -0.15) is 13.5 Å². The molecule has 1 saturated heterocycles. The van der Waals surface area contributed by atoms with Crippen molar-refractivity contribution in [1.82, 2.24) is 14.9 Å². The third kappa shape index (κ3) is 6.01. The number of nitrogens with zero attached hydrogens (tertiary/aromatic N) is 3. The van der Waals surface area contributed by atoms with Crippen LogP contribution in [0.1, 0.15) is 67.1 Å². The molecule has 3 heterocycles. The summed E-state index contributed by atoms with van der Waals surface area (Å²) in [7, 11) is 0. The van der Waals surface area contributed by atoms with Crippen LogP contribution in [0.25, 0.3) is 10.9 Å². The summed E-state index contributed by atoms with van der Waals surface area (Å²) in [6.45, 7) is 0.545. The molecule has 0 amide bonds. The van der Waals surface area contributed by atoms with Crippen molar-refractivity contribution in [3.8, 4) is 0 Å². The highest BCUT2D eigenvalue weighted by molar-refractivity contribution is 7.59. The van der Waals surface area contributed by atoms with Crippen molar-refractivity contribution in [3.05, 3.63) is 71.2 Å². The standard InChI is InChI=1S/C28H32FN3O2.H2S/c29-28(14-6-5-9-23-13-12-20-7-1-4-11-25(20)31-23)18-32(19-28)26(16-27(33)34)22-15-21-8-2-3-10-24(21)30-17-22;/h2-3,8,10,12-13,15,17,26H,1,4-7,9,11,14,16,18-19H2,(H,33,34);1H2/t26-;/m0./s1. The molecule has 0 unspecified atom stereocenters. The van der Waals surface area contributed by atoms with Crippen molar-refractivity contribution in [2.75, 3.05) is 13.1 Å². The number of unbranched alkanes of at least 4 members (excludes halogenated alkanes) is 1. The molecule has 5 rings (SSSR count). The number of hydrogen-bond donors (Lipinski definition) is 1. The number of carbonyl (C=O) groups is 1. The van der Waals surface area contributed by atoms with Gasteiger partial charge in [-0.1, -0.05) is 24.3 Å². The molecule has 1 atom stereocenters. The molecule has 1 N–H and O–H groups in total. The van der Waals surface area contributed by atoms with E-state index in [2.05, 4.69) is 17.1 Å². The van der Waals surface area contributed by atoms with E-state index in [4.69, 9.17) is 4.98 Å². The number of aliphatic carboxylic acids is 1. The van der Waals surface area contributed by atoms with E-state index in [1.807, 2.05) is 35.2 Å². The summed E-state index contributed by atoms with van der Waals surface area (Å²) >= 11 is 0. The number of carboxylic acid groups (broad SMARTS) is 1. The lowest BCUT2D eigenvalue weighted by Crippen LogP contribution is -2.60. The van der Waals surface area contributed by atoms with E-state index in [-0.39, 0.29) is 39.0 Å². The van der Waals surface area contributed by atoms with Crippen LogP contribution in [0.5, 0.6) is 0 Å². The third-order valence-corrected chi connectivity index (χ3v) is 7.32. The Hall–Kier alpha value is -2.51. The van der Waals surface area contributed by atoms with E-state index in [9.17, 15) is 9.90 Å². The number of hydrogen-bond acceptors (Lipinski definition) is 4. The Morgan fingerprint density at radius 3 is 2.74 bits per heavy atom. The zero-order chi connectivity index (χ0) is 23.5. The van der Waals surface area contributed by atoms with E-state index < -0.39 is 11.6 Å². The SMILES string of the molecule is O=C(O)C[C@@H](c1cnc2ccccc2c1)N1CC(F)(CCCCc2ccc3c(n2)CCCC3)C1.S. The first-order valence-corrected chi connectivity index (χ1v) is 12.5. The Morgan fingerprint density at radius 1 is 1.11 bits per heavy atom. The lowest BCUT2D eigenvalue weighted by Gasteiger charge is -2.48. The molecule has 1 aromatic carbocycles. The average Bonchev–Trinajstić information content (AvgIpc) is 2.83. The molecule has 0 radical (unpaired) electrons. The third-order valence-electron chi connectivity index (χ3n) is 7.32. The minimum atomic E-state index is -1.25. The zero-order valence-corrected chi connectivity index (χ0v) is 21.0. The minimum absolute atomic E-state index is 0. The van der Waals surface area contributed by atoms with Crippen LogP contribution < -0.4 is 0 Å². The highest BCUT2D eigenvalue weighted by Gasteiger charge is 2.46.